The minimum atomic E-state index is -0.936. The lowest BCUT2D eigenvalue weighted by Crippen LogP contribution is -2.21. The van der Waals surface area contributed by atoms with Gasteiger partial charge in [-0.2, -0.15) is 0 Å². The summed E-state index contributed by atoms with van der Waals surface area (Å²) in [6.45, 7) is 3.69. The Morgan fingerprint density at radius 1 is 1.35 bits per heavy atom. The minimum absolute atomic E-state index is 0.265. The molecule has 1 aliphatic rings. The van der Waals surface area contributed by atoms with Gasteiger partial charge < -0.3 is 10.0 Å². The van der Waals surface area contributed by atoms with E-state index in [4.69, 9.17) is 11.6 Å². The van der Waals surface area contributed by atoms with Gasteiger partial charge in [0.1, 0.15) is 5.56 Å². The number of pyridine rings is 1. The van der Waals surface area contributed by atoms with E-state index in [0.29, 0.717) is 5.02 Å². The molecule has 1 aromatic carbocycles. The minimum Gasteiger partial charge on any atom is -0.478 e. The molecule has 0 atom stereocenters. The average molecular weight is 291 g/mol. The van der Waals surface area contributed by atoms with E-state index in [0.717, 1.165) is 48.1 Å². The molecule has 1 fully saturated rings. The largest absolute Gasteiger partial charge is 0.478 e. The lowest BCUT2D eigenvalue weighted by atomic mass is 10.1. The SMILES string of the molecule is Cc1c(Cl)ccc2c(N3CCCC3)c(C(=O)O)cnc12. The van der Waals surface area contributed by atoms with E-state index in [-0.39, 0.29) is 5.56 Å². The standard InChI is InChI=1S/C15H15ClN2O2/c1-9-12(16)5-4-10-13(9)17-8-11(15(19)20)14(10)18-6-2-3-7-18/h4-5,8H,2-3,6-7H2,1H3,(H,19,20). The van der Waals surface area contributed by atoms with Crippen molar-refractivity contribution in [2.45, 2.75) is 19.8 Å². The third-order valence-electron chi connectivity index (χ3n) is 3.85. The number of carboxylic acids is 1. The molecule has 0 aliphatic carbocycles. The van der Waals surface area contributed by atoms with Crippen LogP contribution in [-0.4, -0.2) is 29.1 Å². The van der Waals surface area contributed by atoms with Crippen molar-refractivity contribution in [2.24, 2.45) is 0 Å². The zero-order chi connectivity index (χ0) is 14.3. The van der Waals surface area contributed by atoms with Gasteiger partial charge in [-0.15, -0.1) is 0 Å². The van der Waals surface area contributed by atoms with Crippen molar-refractivity contribution >= 4 is 34.2 Å². The Kier molecular flexibility index (Phi) is 3.26. The topological polar surface area (TPSA) is 53.4 Å². The molecule has 104 valence electrons. The van der Waals surface area contributed by atoms with Crippen LogP contribution in [0.15, 0.2) is 18.3 Å². The maximum Gasteiger partial charge on any atom is 0.339 e. The highest BCUT2D eigenvalue weighted by atomic mass is 35.5. The molecule has 0 bridgehead atoms. The van der Waals surface area contributed by atoms with Gasteiger partial charge in [0.15, 0.2) is 0 Å². The molecule has 20 heavy (non-hydrogen) atoms. The van der Waals surface area contributed by atoms with Crippen LogP contribution in [0.2, 0.25) is 5.02 Å². The number of aryl methyl sites for hydroxylation is 1. The molecule has 4 nitrogen and oxygen atoms in total. The first-order valence-corrected chi connectivity index (χ1v) is 7.03. The molecule has 0 radical (unpaired) electrons. The summed E-state index contributed by atoms with van der Waals surface area (Å²) in [5.41, 5.74) is 2.71. The predicted molar refractivity (Wildman–Crippen MR) is 79.9 cm³/mol. The summed E-state index contributed by atoms with van der Waals surface area (Å²) in [6.07, 6.45) is 3.63. The highest BCUT2D eigenvalue weighted by Crippen LogP contribution is 2.35. The second kappa shape index (κ2) is 4.94. The zero-order valence-corrected chi connectivity index (χ0v) is 11.9. The summed E-state index contributed by atoms with van der Waals surface area (Å²) in [6, 6.07) is 3.68. The first-order chi connectivity index (χ1) is 9.59. The van der Waals surface area contributed by atoms with Crippen molar-refractivity contribution < 1.29 is 9.90 Å². The lowest BCUT2D eigenvalue weighted by molar-refractivity contribution is 0.0697. The monoisotopic (exact) mass is 290 g/mol. The third-order valence-corrected chi connectivity index (χ3v) is 4.26. The number of aromatic carboxylic acids is 1. The summed E-state index contributed by atoms with van der Waals surface area (Å²) in [5, 5.41) is 10.9. The predicted octanol–water partition coefficient (Wildman–Crippen LogP) is 3.50. The normalized spacial score (nSPS) is 15.0. The third kappa shape index (κ3) is 2.00. The summed E-state index contributed by atoms with van der Waals surface area (Å²) in [4.78, 5) is 17.9. The Hall–Kier alpha value is -1.81. The molecule has 5 heteroatoms. The van der Waals surface area contributed by atoms with Crippen LogP contribution in [0, 0.1) is 6.92 Å². The summed E-state index contributed by atoms with van der Waals surface area (Å²) in [5.74, 6) is -0.936. The first kappa shape index (κ1) is 13.2. The number of anilines is 1. The molecule has 3 rings (SSSR count). The highest BCUT2D eigenvalue weighted by molar-refractivity contribution is 6.32. The Morgan fingerprint density at radius 2 is 2.05 bits per heavy atom. The van der Waals surface area contributed by atoms with Crippen LogP contribution in [0.1, 0.15) is 28.8 Å². The number of rotatable bonds is 2. The molecule has 0 spiro atoms. The fourth-order valence-electron chi connectivity index (χ4n) is 2.81. The van der Waals surface area contributed by atoms with Gasteiger partial charge in [0.25, 0.3) is 0 Å². The second-order valence-corrected chi connectivity index (χ2v) is 5.50. The number of carboxylic acid groups (broad SMARTS) is 1. The number of carbonyl (C=O) groups is 1. The molecule has 0 saturated carbocycles. The Labute approximate surface area is 122 Å². The van der Waals surface area contributed by atoms with Crippen LogP contribution in [0.3, 0.4) is 0 Å². The van der Waals surface area contributed by atoms with Crippen molar-refractivity contribution in [2.75, 3.05) is 18.0 Å². The van der Waals surface area contributed by atoms with E-state index >= 15 is 0 Å². The first-order valence-electron chi connectivity index (χ1n) is 6.65. The van der Waals surface area contributed by atoms with Gasteiger partial charge >= 0.3 is 5.97 Å². The van der Waals surface area contributed by atoms with Crippen LogP contribution in [0.25, 0.3) is 10.9 Å². The number of fused-ring (bicyclic) bond motifs is 1. The van der Waals surface area contributed by atoms with Gasteiger partial charge in [-0.25, -0.2) is 4.79 Å². The quantitative estimate of drug-likeness (QED) is 0.920. The molecule has 2 aromatic rings. The number of halogens is 1. The van der Waals surface area contributed by atoms with E-state index in [1.807, 2.05) is 19.1 Å². The molecule has 0 amide bonds. The van der Waals surface area contributed by atoms with Crippen LogP contribution in [0.4, 0.5) is 5.69 Å². The summed E-state index contributed by atoms with van der Waals surface area (Å²) >= 11 is 6.13. The number of benzene rings is 1. The smallest absolute Gasteiger partial charge is 0.339 e. The van der Waals surface area contributed by atoms with Crippen molar-refractivity contribution in [1.82, 2.24) is 4.98 Å². The number of nitrogens with zero attached hydrogens (tertiary/aromatic N) is 2. The van der Waals surface area contributed by atoms with E-state index in [1.165, 1.54) is 6.20 Å². The van der Waals surface area contributed by atoms with Crippen molar-refractivity contribution in [1.29, 1.82) is 0 Å². The van der Waals surface area contributed by atoms with Gasteiger partial charge in [-0.1, -0.05) is 11.6 Å². The number of hydrogen-bond donors (Lipinski definition) is 1. The Balaban J connectivity index is 2.33. The van der Waals surface area contributed by atoms with Crippen LogP contribution in [-0.2, 0) is 0 Å². The van der Waals surface area contributed by atoms with Crippen LogP contribution >= 0.6 is 11.6 Å². The van der Waals surface area contributed by atoms with Crippen LogP contribution < -0.4 is 4.90 Å². The molecular weight excluding hydrogens is 276 g/mol. The van der Waals surface area contributed by atoms with Crippen molar-refractivity contribution in [3.63, 3.8) is 0 Å². The number of hydrogen-bond acceptors (Lipinski definition) is 3. The molecule has 1 N–H and O–H groups in total. The Bertz CT molecular complexity index is 694. The molecule has 1 aliphatic heterocycles. The molecule has 2 heterocycles. The molecular formula is C15H15ClN2O2. The lowest BCUT2D eigenvalue weighted by Gasteiger charge is -2.22. The molecule has 1 saturated heterocycles. The Morgan fingerprint density at radius 3 is 2.70 bits per heavy atom. The fourth-order valence-corrected chi connectivity index (χ4v) is 2.96. The van der Waals surface area contributed by atoms with Crippen LogP contribution in [0.5, 0.6) is 0 Å². The van der Waals surface area contributed by atoms with E-state index in [2.05, 4.69) is 9.88 Å². The van der Waals surface area contributed by atoms with Crippen molar-refractivity contribution in [3.8, 4) is 0 Å². The second-order valence-electron chi connectivity index (χ2n) is 5.09. The average Bonchev–Trinajstić information content (AvgIpc) is 2.95. The van der Waals surface area contributed by atoms with Gasteiger partial charge in [0, 0.05) is 29.7 Å². The highest BCUT2D eigenvalue weighted by Gasteiger charge is 2.23. The van der Waals surface area contributed by atoms with E-state index < -0.39 is 5.97 Å². The summed E-state index contributed by atoms with van der Waals surface area (Å²) in [7, 11) is 0. The van der Waals surface area contributed by atoms with Gasteiger partial charge in [-0.3, -0.25) is 4.98 Å². The number of aromatic nitrogens is 1. The van der Waals surface area contributed by atoms with Crippen molar-refractivity contribution in [3.05, 3.63) is 34.5 Å². The van der Waals surface area contributed by atoms with E-state index in [1.54, 1.807) is 0 Å². The van der Waals surface area contributed by atoms with Gasteiger partial charge in [-0.05, 0) is 37.5 Å². The fraction of sp³-hybridized carbons (Fsp3) is 0.333. The molecule has 1 aromatic heterocycles. The maximum absolute atomic E-state index is 11.5. The summed E-state index contributed by atoms with van der Waals surface area (Å²) < 4.78 is 0. The van der Waals surface area contributed by atoms with Gasteiger partial charge in [0.2, 0.25) is 0 Å². The molecule has 0 unspecified atom stereocenters. The van der Waals surface area contributed by atoms with Gasteiger partial charge in [0.05, 0.1) is 11.2 Å². The maximum atomic E-state index is 11.5. The van der Waals surface area contributed by atoms with E-state index in [9.17, 15) is 9.90 Å². The zero-order valence-electron chi connectivity index (χ0n) is 11.2.